The average Bonchev–Trinajstić information content (AvgIpc) is 1.99. The van der Waals surface area contributed by atoms with Crippen molar-refractivity contribution in [3.05, 3.63) is 0 Å². The number of likely N-dealkylation sites (tertiary alicyclic amines) is 1. The van der Waals surface area contributed by atoms with Gasteiger partial charge in [0.05, 0.1) is 12.5 Å². The van der Waals surface area contributed by atoms with Crippen LogP contribution >= 0.6 is 0 Å². The summed E-state index contributed by atoms with van der Waals surface area (Å²) in [4.78, 5) is 12.6. The Hall–Kier alpha value is -0.610. The lowest BCUT2D eigenvalue weighted by molar-refractivity contribution is -0.140. The van der Waals surface area contributed by atoms with E-state index in [9.17, 15) is 4.79 Å². The molecule has 0 aromatic carbocycles. The van der Waals surface area contributed by atoms with Gasteiger partial charge in [-0.3, -0.25) is 4.79 Å². The van der Waals surface area contributed by atoms with Gasteiger partial charge in [0.25, 0.3) is 0 Å². The number of aliphatic carboxylic acids is 1. The molecule has 0 aromatic rings. The summed E-state index contributed by atoms with van der Waals surface area (Å²) >= 11 is 0. The second-order valence-corrected chi connectivity index (χ2v) is 3.78. The Balaban J connectivity index is 2.20. The fourth-order valence-corrected chi connectivity index (χ4v) is 1.68. The van der Waals surface area contributed by atoms with Crippen molar-refractivity contribution in [1.29, 1.82) is 0 Å². The Morgan fingerprint density at radius 3 is 2.69 bits per heavy atom. The van der Waals surface area contributed by atoms with Crippen molar-refractivity contribution in [2.24, 2.45) is 5.92 Å². The van der Waals surface area contributed by atoms with Crippen LogP contribution in [-0.2, 0) is 9.53 Å². The zero-order valence-electron chi connectivity index (χ0n) is 8.19. The third-order valence-corrected chi connectivity index (χ3v) is 2.34. The van der Waals surface area contributed by atoms with E-state index in [0.717, 1.165) is 25.6 Å². The van der Waals surface area contributed by atoms with Crippen molar-refractivity contribution in [3.8, 4) is 0 Å². The number of carboxylic acids is 1. The van der Waals surface area contributed by atoms with Gasteiger partial charge in [0.15, 0.2) is 0 Å². The van der Waals surface area contributed by atoms with Crippen LogP contribution in [0.25, 0.3) is 0 Å². The molecule has 0 spiro atoms. The number of ether oxygens (including phenoxy) is 1. The molecule has 13 heavy (non-hydrogen) atoms. The van der Waals surface area contributed by atoms with Crippen LogP contribution in [0.2, 0.25) is 0 Å². The van der Waals surface area contributed by atoms with Crippen LogP contribution in [0, 0.1) is 5.92 Å². The summed E-state index contributed by atoms with van der Waals surface area (Å²) in [6, 6.07) is 0. The lowest BCUT2D eigenvalue weighted by atomic mass is 10.0. The highest BCUT2D eigenvalue weighted by molar-refractivity contribution is 5.67. The van der Waals surface area contributed by atoms with E-state index in [0.29, 0.717) is 0 Å². The third kappa shape index (κ3) is 3.32. The largest absolute Gasteiger partial charge is 0.481 e. The van der Waals surface area contributed by atoms with E-state index in [1.165, 1.54) is 0 Å². The Labute approximate surface area is 78.5 Å². The number of rotatable bonds is 5. The Morgan fingerprint density at radius 1 is 1.69 bits per heavy atom. The average molecular weight is 187 g/mol. The number of hydrogen-bond donors (Lipinski definition) is 1. The quantitative estimate of drug-likeness (QED) is 0.678. The summed E-state index contributed by atoms with van der Waals surface area (Å²) in [6.07, 6.45) is -0.0634. The number of methoxy groups -OCH3 is 1. The lowest BCUT2D eigenvalue weighted by Gasteiger charge is -2.38. The summed E-state index contributed by atoms with van der Waals surface area (Å²) in [5.41, 5.74) is 0. The van der Waals surface area contributed by atoms with Crippen LogP contribution in [0.3, 0.4) is 0 Å². The zero-order chi connectivity index (χ0) is 9.84. The molecule has 1 saturated heterocycles. The molecule has 1 N–H and O–H groups in total. The second kappa shape index (κ2) is 4.58. The minimum atomic E-state index is -0.791. The van der Waals surface area contributed by atoms with Crippen LogP contribution < -0.4 is 0 Å². The van der Waals surface area contributed by atoms with Crippen LogP contribution in [-0.4, -0.2) is 48.8 Å². The molecule has 0 aromatic heterocycles. The summed E-state index contributed by atoms with van der Waals surface area (Å²) in [5, 5.41) is 8.57. The smallest absolute Gasteiger partial charge is 0.306 e. The molecule has 76 valence electrons. The Bertz CT molecular complexity index is 178. The number of hydrogen-bond acceptors (Lipinski definition) is 3. The van der Waals surface area contributed by atoms with Crippen molar-refractivity contribution in [2.75, 3.05) is 26.7 Å². The SMILES string of the molecule is COC(CC(=O)O)CN1CC(C)C1. The highest BCUT2D eigenvalue weighted by Crippen LogP contribution is 2.15. The van der Waals surface area contributed by atoms with E-state index in [1.54, 1.807) is 7.11 Å². The van der Waals surface area contributed by atoms with Gasteiger partial charge in [-0.1, -0.05) is 6.92 Å². The first-order valence-electron chi connectivity index (χ1n) is 4.58. The minimum absolute atomic E-state index is 0.0986. The molecule has 1 rings (SSSR count). The maximum absolute atomic E-state index is 10.4. The fourth-order valence-electron chi connectivity index (χ4n) is 1.68. The second-order valence-electron chi connectivity index (χ2n) is 3.78. The van der Waals surface area contributed by atoms with Crippen molar-refractivity contribution in [3.63, 3.8) is 0 Å². The van der Waals surface area contributed by atoms with Crippen molar-refractivity contribution >= 4 is 5.97 Å². The van der Waals surface area contributed by atoms with Crippen LogP contribution in [0.1, 0.15) is 13.3 Å². The molecule has 4 heteroatoms. The van der Waals surface area contributed by atoms with Crippen molar-refractivity contribution in [2.45, 2.75) is 19.4 Å². The number of carboxylic acid groups (broad SMARTS) is 1. The molecule has 1 fully saturated rings. The monoisotopic (exact) mass is 187 g/mol. The summed E-state index contributed by atoms with van der Waals surface area (Å²) in [7, 11) is 1.57. The predicted octanol–water partition coefficient (Wildman–Crippen LogP) is 0.428. The summed E-state index contributed by atoms with van der Waals surface area (Å²) < 4.78 is 5.08. The number of carbonyl (C=O) groups is 1. The molecular weight excluding hydrogens is 170 g/mol. The molecule has 0 saturated carbocycles. The summed E-state index contributed by atoms with van der Waals surface area (Å²) in [6.45, 7) is 5.07. The molecule has 1 aliphatic rings. The van der Waals surface area contributed by atoms with E-state index < -0.39 is 5.97 Å². The Morgan fingerprint density at radius 2 is 2.31 bits per heavy atom. The van der Waals surface area contributed by atoms with Gasteiger partial charge in [0.1, 0.15) is 0 Å². The normalized spacial score (nSPS) is 21.1. The van der Waals surface area contributed by atoms with E-state index >= 15 is 0 Å². The number of nitrogens with zero attached hydrogens (tertiary/aromatic N) is 1. The maximum Gasteiger partial charge on any atom is 0.306 e. The molecule has 4 nitrogen and oxygen atoms in total. The maximum atomic E-state index is 10.4. The first-order valence-corrected chi connectivity index (χ1v) is 4.58. The van der Waals surface area contributed by atoms with E-state index in [2.05, 4.69) is 11.8 Å². The molecular formula is C9H17NO3. The molecule has 1 heterocycles. The lowest BCUT2D eigenvalue weighted by Crippen LogP contribution is -2.49. The van der Waals surface area contributed by atoms with Crippen LogP contribution in [0.5, 0.6) is 0 Å². The van der Waals surface area contributed by atoms with Crippen molar-refractivity contribution in [1.82, 2.24) is 4.90 Å². The topological polar surface area (TPSA) is 49.8 Å². The predicted molar refractivity (Wildman–Crippen MR) is 48.7 cm³/mol. The van der Waals surface area contributed by atoms with E-state index in [1.807, 2.05) is 0 Å². The highest BCUT2D eigenvalue weighted by Gasteiger charge is 2.25. The first-order chi connectivity index (χ1) is 6.11. The molecule has 1 aliphatic heterocycles. The van der Waals surface area contributed by atoms with Gasteiger partial charge < -0.3 is 14.7 Å². The van der Waals surface area contributed by atoms with E-state index in [4.69, 9.17) is 9.84 Å². The highest BCUT2D eigenvalue weighted by atomic mass is 16.5. The fraction of sp³-hybridized carbons (Fsp3) is 0.889. The van der Waals surface area contributed by atoms with Crippen LogP contribution in [0.4, 0.5) is 0 Å². The molecule has 0 amide bonds. The van der Waals surface area contributed by atoms with E-state index in [-0.39, 0.29) is 12.5 Å². The zero-order valence-corrected chi connectivity index (χ0v) is 8.19. The van der Waals surface area contributed by atoms with Gasteiger partial charge in [-0.15, -0.1) is 0 Å². The Kier molecular flexibility index (Phi) is 3.69. The molecule has 1 unspecified atom stereocenters. The van der Waals surface area contributed by atoms with Gasteiger partial charge in [-0.2, -0.15) is 0 Å². The summed E-state index contributed by atoms with van der Waals surface area (Å²) in [5.74, 6) is -0.0391. The standard InChI is InChI=1S/C9H17NO3/c1-7-4-10(5-7)6-8(13-2)3-9(11)12/h7-8H,3-6H2,1-2H3,(H,11,12). The molecule has 0 aliphatic carbocycles. The minimum Gasteiger partial charge on any atom is -0.481 e. The molecule has 0 radical (unpaired) electrons. The molecule has 0 bridgehead atoms. The van der Waals surface area contributed by atoms with Gasteiger partial charge in [-0.25, -0.2) is 0 Å². The third-order valence-electron chi connectivity index (χ3n) is 2.34. The van der Waals surface area contributed by atoms with Crippen molar-refractivity contribution < 1.29 is 14.6 Å². The van der Waals surface area contributed by atoms with Gasteiger partial charge in [-0.05, 0) is 5.92 Å². The first kappa shape index (κ1) is 10.5. The molecule has 1 atom stereocenters. The van der Waals surface area contributed by atoms with Gasteiger partial charge in [0.2, 0.25) is 0 Å². The van der Waals surface area contributed by atoms with Gasteiger partial charge in [0, 0.05) is 26.7 Å². The van der Waals surface area contributed by atoms with Gasteiger partial charge >= 0.3 is 5.97 Å². The van der Waals surface area contributed by atoms with Crippen LogP contribution in [0.15, 0.2) is 0 Å².